The summed E-state index contributed by atoms with van der Waals surface area (Å²) in [6, 6.07) is 3.59. The molecule has 3 rings (SSSR count). The molecule has 0 spiro atoms. The van der Waals surface area contributed by atoms with Crippen LogP contribution in [-0.2, 0) is 5.60 Å². The Kier molecular flexibility index (Phi) is 3.67. The third-order valence-corrected chi connectivity index (χ3v) is 4.28. The predicted molar refractivity (Wildman–Crippen MR) is 84.8 cm³/mol. The van der Waals surface area contributed by atoms with Crippen LogP contribution >= 0.6 is 11.3 Å². The van der Waals surface area contributed by atoms with Crippen molar-refractivity contribution in [1.29, 1.82) is 0 Å². The van der Waals surface area contributed by atoms with Gasteiger partial charge in [-0.25, -0.2) is 4.98 Å². The zero-order valence-electron chi connectivity index (χ0n) is 12.3. The van der Waals surface area contributed by atoms with Gasteiger partial charge < -0.3 is 10.4 Å². The molecule has 0 aliphatic carbocycles. The lowest BCUT2D eigenvalue weighted by Crippen LogP contribution is -2.38. The molecular formula is C15H16N4O2S. The van der Waals surface area contributed by atoms with Gasteiger partial charge >= 0.3 is 0 Å². The molecule has 0 bridgehead atoms. The number of nitrogens with one attached hydrogen (secondary N) is 2. The zero-order valence-corrected chi connectivity index (χ0v) is 13.1. The van der Waals surface area contributed by atoms with Crippen LogP contribution in [0, 0.1) is 6.92 Å². The van der Waals surface area contributed by atoms with Crippen LogP contribution in [0.5, 0.6) is 0 Å². The second-order valence-corrected chi connectivity index (χ2v) is 6.19. The highest BCUT2D eigenvalue weighted by Gasteiger charge is 2.24. The summed E-state index contributed by atoms with van der Waals surface area (Å²) < 4.78 is 0. The van der Waals surface area contributed by atoms with Gasteiger partial charge in [0.25, 0.3) is 5.91 Å². The van der Waals surface area contributed by atoms with E-state index in [2.05, 4.69) is 20.5 Å². The molecule has 3 N–H and O–H groups in total. The molecule has 1 amide bonds. The van der Waals surface area contributed by atoms with E-state index in [1.807, 2.05) is 23.8 Å². The highest BCUT2D eigenvalue weighted by molar-refractivity contribution is 7.08. The second kappa shape index (κ2) is 5.51. The lowest BCUT2D eigenvalue weighted by atomic mass is 9.99. The van der Waals surface area contributed by atoms with Gasteiger partial charge in [-0.1, -0.05) is 0 Å². The minimum Gasteiger partial charge on any atom is -0.384 e. The Hall–Kier alpha value is -2.25. The Bertz CT molecular complexity index is 808. The summed E-state index contributed by atoms with van der Waals surface area (Å²) in [6.45, 7) is 3.68. The van der Waals surface area contributed by atoms with E-state index in [1.54, 1.807) is 13.0 Å². The molecule has 6 nitrogen and oxygen atoms in total. The average Bonchev–Trinajstić information content (AvgIpc) is 3.15. The molecule has 0 saturated carbocycles. The van der Waals surface area contributed by atoms with Crippen molar-refractivity contribution in [3.05, 3.63) is 45.9 Å². The SMILES string of the molecule is Cc1[nH]nc2ncc(C(=O)NCC(C)(O)c3ccsc3)cc12. The fourth-order valence-electron chi connectivity index (χ4n) is 2.17. The van der Waals surface area contributed by atoms with Gasteiger partial charge in [-0.3, -0.25) is 9.89 Å². The van der Waals surface area contributed by atoms with Crippen molar-refractivity contribution >= 4 is 28.3 Å². The summed E-state index contributed by atoms with van der Waals surface area (Å²) >= 11 is 1.51. The maximum absolute atomic E-state index is 12.2. The summed E-state index contributed by atoms with van der Waals surface area (Å²) in [7, 11) is 0. The molecular weight excluding hydrogens is 300 g/mol. The third-order valence-electron chi connectivity index (χ3n) is 3.60. The molecule has 0 aromatic carbocycles. The molecule has 0 saturated heterocycles. The van der Waals surface area contributed by atoms with Crippen molar-refractivity contribution in [2.45, 2.75) is 19.4 Å². The summed E-state index contributed by atoms with van der Waals surface area (Å²) in [5, 5.41) is 24.6. The van der Waals surface area contributed by atoms with Crippen LogP contribution in [0.4, 0.5) is 0 Å². The maximum atomic E-state index is 12.2. The van der Waals surface area contributed by atoms with Crippen LogP contribution in [-0.4, -0.2) is 32.7 Å². The molecule has 0 aliphatic heterocycles. The number of aromatic nitrogens is 3. The first-order valence-corrected chi connectivity index (χ1v) is 7.75. The van der Waals surface area contributed by atoms with E-state index in [0.717, 1.165) is 16.6 Å². The number of rotatable bonds is 4. The van der Waals surface area contributed by atoms with Gasteiger partial charge in [0.15, 0.2) is 5.65 Å². The number of thiophene rings is 1. The van der Waals surface area contributed by atoms with Crippen LogP contribution < -0.4 is 5.32 Å². The van der Waals surface area contributed by atoms with E-state index in [4.69, 9.17) is 0 Å². The monoisotopic (exact) mass is 316 g/mol. The predicted octanol–water partition coefficient (Wildman–Crippen LogP) is 1.97. The standard InChI is InChI=1S/C15H16N4O2S/c1-9-12-5-10(6-16-13(12)19-18-9)14(20)17-8-15(2,21)11-3-4-22-7-11/h3-7,21H,8H2,1-2H3,(H,17,20)(H,16,18,19). The highest BCUT2D eigenvalue weighted by Crippen LogP contribution is 2.22. The third kappa shape index (κ3) is 2.72. The molecule has 0 fully saturated rings. The number of hydrogen-bond donors (Lipinski definition) is 3. The number of hydrogen-bond acceptors (Lipinski definition) is 5. The Morgan fingerprint density at radius 3 is 3.09 bits per heavy atom. The number of H-pyrrole nitrogens is 1. The minimum absolute atomic E-state index is 0.130. The van der Waals surface area contributed by atoms with E-state index in [0.29, 0.717) is 11.2 Å². The van der Waals surface area contributed by atoms with Gasteiger partial charge in [0.1, 0.15) is 5.60 Å². The first-order valence-electron chi connectivity index (χ1n) is 6.81. The molecule has 7 heteroatoms. The van der Waals surface area contributed by atoms with Gasteiger partial charge in [0.05, 0.1) is 12.1 Å². The molecule has 3 aromatic heterocycles. The summed E-state index contributed by atoms with van der Waals surface area (Å²) in [5.41, 5.74) is 1.58. The van der Waals surface area contributed by atoms with Crippen LogP contribution in [0.2, 0.25) is 0 Å². The van der Waals surface area contributed by atoms with Crippen LogP contribution in [0.3, 0.4) is 0 Å². The van der Waals surface area contributed by atoms with E-state index in [-0.39, 0.29) is 12.5 Å². The second-order valence-electron chi connectivity index (χ2n) is 5.41. The fourth-order valence-corrected chi connectivity index (χ4v) is 2.95. The Morgan fingerprint density at radius 2 is 2.36 bits per heavy atom. The largest absolute Gasteiger partial charge is 0.384 e. The number of aryl methyl sites for hydroxylation is 1. The maximum Gasteiger partial charge on any atom is 0.252 e. The normalized spacial score (nSPS) is 14.0. The van der Waals surface area contributed by atoms with Crippen molar-refractivity contribution in [1.82, 2.24) is 20.5 Å². The molecule has 3 aromatic rings. The lowest BCUT2D eigenvalue weighted by Gasteiger charge is -2.22. The molecule has 1 unspecified atom stereocenters. The Morgan fingerprint density at radius 1 is 1.55 bits per heavy atom. The highest BCUT2D eigenvalue weighted by atomic mass is 32.1. The number of aromatic amines is 1. The van der Waals surface area contributed by atoms with Gasteiger partial charge in [-0.05, 0) is 42.3 Å². The van der Waals surface area contributed by atoms with Crippen molar-refractivity contribution in [2.75, 3.05) is 6.54 Å². The van der Waals surface area contributed by atoms with Gasteiger partial charge in [0.2, 0.25) is 0 Å². The summed E-state index contributed by atoms with van der Waals surface area (Å²) in [4.78, 5) is 16.4. The molecule has 3 heterocycles. The van der Waals surface area contributed by atoms with E-state index in [9.17, 15) is 9.90 Å². The van der Waals surface area contributed by atoms with E-state index >= 15 is 0 Å². The number of pyridine rings is 1. The number of nitrogens with zero attached hydrogens (tertiary/aromatic N) is 2. The van der Waals surface area contributed by atoms with Crippen LogP contribution in [0.1, 0.15) is 28.5 Å². The fraction of sp³-hybridized carbons (Fsp3) is 0.267. The molecule has 22 heavy (non-hydrogen) atoms. The van der Waals surface area contributed by atoms with E-state index < -0.39 is 5.60 Å². The van der Waals surface area contributed by atoms with Gasteiger partial charge in [-0.15, -0.1) is 0 Å². The molecule has 114 valence electrons. The first-order chi connectivity index (χ1) is 10.5. The van der Waals surface area contributed by atoms with Crippen molar-refractivity contribution in [3.63, 3.8) is 0 Å². The smallest absolute Gasteiger partial charge is 0.252 e. The van der Waals surface area contributed by atoms with Crippen molar-refractivity contribution in [2.24, 2.45) is 0 Å². The average molecular weight is 316 g/mol. The zero-order chi connectivity index (χ0) is 15.7. The molecule has 0 radical (unpaired) electrons. The Labute approximate surface area is 131 Å². The number of aliphatic hydroxyl groups is 1. The topological polar surface area (TPSA) is 90.9 Å². The van der Waals surface area contributed by atoms with Gasteiger partial charge in [0, 0.05) is 17.3 Å². The lowest BCUT2D eigenvalue weighted by molar-refractivity contribution is 0.0530. The quantitative estimate of drug-likeness (QED) is 0.686. The summed E-state index contributed by atoms with van der Waals surface area (Å²) in [6.07, 6.45) is 1.48. The van der Waals surface area contributed by atoms with Crippen LogP contribution in [0.15, 0.2) is 29.1 Å². The van der Waals surface area contributed by atoms with Crippen LogP contribution in [0.25, 0.3) is 11.0 Å². The first kappa shape index (κ1) is 14.7. The molecule has 1 atom stereocenters. The molecule has 0 aliphatic rings. The summed E-state index contributed by atoms with van der Waals surface area (Å²) in [5.74, 6) is -0.273. The Balaban J connectivity index is 1.74. The van der Waals surface area contributed by atoms with E-state index in [1.165, 1.54) is 17.5 Å². The number of carbonyl (C=O) groups is 1. The van der Waals surface area contributed by atoms with Gasteiger partial charge in [-0.2, -0.15) is 16.4 Å². The van der Waals surface area contributed by atoms with Crippen molar-refractivity contribution < 1.29 is 9.90 Å². The number of amides is 1. The number of fused-ring (bicyclic) bond motifs is 1. The van der Waals surface area contributed by atoms with Crippen molar-refractivity contribution in [3.8, 4) is 0 Å². The minimum atomic E-state index is -1.10. The number of carbonyl (C=O) groups excluding carboxylic acids is 1.